The highest BCUT2D eigenvalue weighted by Crippen LogP contribution is 2.31. The van der Waals surface area contributed by atoms with Gasteiger partial charge >= 0.3 is 0 Å². The second kappa shape index (κ2) is 65.3. The molecule has 12 unspecified atom stereocenters. The van der Waals surface area contributed by atoms with Crippen molar-refractivity contribution >= 4 is 5.91 Å². The summed E-state index contributed by atoms with van der Waals surface area (Å²) in [5, 5.41) is 87.8. The normalized spacial score (nSPS) is 22.3. The Morgan fingerprint density at radius 1 is 0.340 bits per heavy atom. The zero-order chi connectivity index (χ0) is 68.0. The third-order valence-electron chi connectivity index (χ3n) is 20.8. The van der Waals surface area contributed by atoms with E-state index in [-0.39, 0.29) is 12.5 Å². The number of nitrogens with one attached hydrogen (secondary N) is 1. The molecule has 0 bridgehead atoms. The molecule has 0 aromatic rings. The molecular weight excluding hydrogens is 1180 g/mol. The van der Waals surface area contributed by atoms with Crippen molar-refractivity contribution in [1.29, 1.82) is 0 Å². The summed E-state index contributed by atoms with van der Waals surface area (Å²) in [6, 6.07) is -0.825. The van der Waals surface area contributed by atoms with Crippen molar-refractivity contribution in [3.8, 4) is 0 Å². The van der Waals surface area contributed by atoms with Crippen molar-refractivity contribution in [2.24, 2.45) is 0 Å². The summed E-state index contributed by atoms with van der Waals surface area (Å²) in [5.74, 6) is -0.195. The van der Waals surface area contributed by atoms with Gasteiger partial charge in [-0.05, 0) is 12.8 Å². The number of rotatable bonds is 71. The van der Waals surface area contributed by atoms with Gasteiger partial charge in [0.15, 0.2) is 12.6 Å². The summed E-state index contributed by atoms with van der Waals surface area (Å²) < 4.78 is 23.0. The molecule has 2 rings (SSSR count). The Morgan fingerprint density at radius 3 is 0.904 bits per heavy atom. The fourth-order valence-electron chi connectivity index (χ4n) is 14.3. The molecule has 9 N–H and O–H groups in total. The number of hydrogen-bond acceptors (Lipinski definition) is 13. The number of hydrogen-bond donors (Lipinski definition) is 9. The molecule has 14 nitrogen and oxygen atoms in total. The lowest BCUT2D eigenvalue weighted by Gasteiger charge is -2.46. The Bertz CT molecular complexity index is 1580. The molecule has 14 heteroatoms. The lowest BCUT2D eigenvalue weighted by atomic mass is 9.97. The van der Waals surface area contributed by atoms with Crippen LogP contribution in [0.25, 0.3) is 0 Å². The maximum absolute atomic E-state index is 13.4. The van der Waals surface area contributed by atoms with Crippen LogP contribution in [0.1, 0.15) is 412 Å². The summed E-state index contributed by atoms with van der Waals surface area (Å²) in [7, 11) is 0. The molecule has 2 aliphatic heterocycles. The highest BCUT2D eigenvalue weighted by atomic mass is 16.7. The van der Waals surface area contributed by atoms with E-state index in [1.54, 1.807) is 0 Å². The molecule has 94 heavy (non-hydrogen) atoms. The fraction of sp³-hybridized carbons (Fsp3) is 0.988. The van der Waals surface area contributed by atoms with Gasteiger partial charge in [0.25, 0.3) is 0 Å². The van der Waals surface area contributed by atoms with Gasteiger partial charge in [0.05, 0.1) is 32.0 Å². The first-order chi connectivity index (χ1) is 46.1. The summed E-state index contributed by atoms with van der Waals surface area (Å²) >= 11 is 0. The van der Waals surface area contributed by atoms with Crippen molar-refractivity contribution in [2.45, 2.75) is 485 Å². The first-order valence-corrected chi connectivity index (χ1v) is 41.3. The van der Waals surface area contributed by atoms with E-state index in [2.05, 4.69) is 19.2 Å². The molecule has 0 radical (unpaired) electrons. The SMILES string of the molecule is CCCCCCCCCCCCCCCCCCCCCCCCCCCCCCCCCCCCCCCC(=O)NC(COC1OC(CO)C(OC2OC(CO)C(O)C(O)C2O)C(O)C1O)C(O)CCCCCCCCCCCCCCCCCCCCCCCCC. The van der Waals surface area contributed by atoms with Gasteiger partial charge in [-0.1, -0.05) is 393 Å². The first-order valence-electron chi connectivity index (χ1n) is 41.3. The standard InChI is InChI=1S/C80H157NO13/c1-3-5-7-9-11-13-15-17-19-21-23-25-27-28-29-30-31-32-33-34-35-36-37-38-39-40-42-44-46-48-50-52-54-56-58-60-62-64-72(85)81-68(67-91-79-77(90)75(88)78(71(66-83)93-79)94-80-76(89)74(87)73(86)70(65-82)92-80)69(84)63-61-59-57-55-53-51-49-47-45-43-41-26-24-22-20-18-16-14-12-10-8-6-4-2/h68-71,73-80,82-84,86-90H,3-67H2,1-2H3,(H,81,85). The van der Waals surface area contributed by atoms with Gasteiger partial charge < -0.3 is 65.1 Å². The molecule has 2 saturated heterocycles. The average molecular weight is 1340 g/mol. The van der Waals surface area contributed by atoms with E-state index in [1.807, 2.05) is 0 Å². The van der Waals surface area contributed by atoms with Crippen LogP contribution in [0.2, 0.25) is 0 Å². The molecule has 2 fully saturated rings. The largest absolute Gasteiger partial charge is 0.394 e. The van der Waals surface area contributed by atoms with Gasteiger partial charge in [0.2, 0.25) is 5.91 Å². The highest BCUT2D eigenvalue weighted by Gasteiger charge is 2.51. The molecule has 560 valence electrons. The minimum absolute atomic E-state index is 0.195. The van der Waals surface area contributed by atoms with Crippen LogP contribution in [-0.2, 0) is 23.7 Å². The Balaban J connectivity index is 1.56. The minimum atomic E-state index is -1.78. The summed E-state index contributed by atoms with van der Waals surface area (Å²) in [5.41, 5.74) is 0. The lowest BCUT2D eigenvalue weighted by Crippen LogP contribution is -2.65. The Hall–Kier alpha value is -1.01. The highest BCUT2D eigenvalue weighted by molar-refractivity contribution is 5.76. The maximum Gasteiger partial charge on any atom is 0.220 e. The van der Waals surface area contributed by atoms with Gasteiger partial charge in [0, 0.05) is 6.42 Å². The second-order valence-electron chi connectivity index (χ2n) is 29.6. The predicted octanol–water partition coefficient (Wildman–Crippen LogP) is 18.7. The average Bonchev–Trinajstić information content (AvgIpc) is 0.794. The van der Waals surface area contributed by atoms with Crippen LogP contribution in [0.3, 0.4) is 0 Å². The van der Waals surface area contributed by atoms with Gasteiger partial charge in [0.1, 0.15) is 48.8 Å². The van der Waals surface area contributed by atoms with Crippen molar-refractivity contribution in [3.05, 3.63) is 0 Å². The van der Waals surface area contributed by atoms with Crippen LogP contribution in [0, 0.1) is 0 Å². The van der Waals surface area contributed by atoms with Crippen molar-refractivity contribution in [1.82, 2.24) is 5.32 Å². The third-order valence-corrected chi connectivity index (χ3v) is 20.8. The van der Waals surface area contributed by atoms with Gasteiger partial charge in [-0.3, -0.25) is 4.79 Å². The Labute approximate surface area is 578 Å². The monoisotopic (exact) mass is 1340 g/mol. The topological polar surface area (TPSA) is 228 Å². The Kier molecular flexibility index (Phi) is 61.9. The number of carbonyl (C=O) groups is 1. The first kappa shape index (κ1) is 89.1. The molecule has 0 aliphatic carbocycles. The van der Waals surface area contributed by atoms with Gasteiger partial charge in [-0.25, -0.2) is 0 Å². The van der Waals surface area contributed by atoms with E-state index in [4.69, 9.17) is 18.9 Å². The van der Waals surface area contributed by atoms with Crippen LogP contribution in [0.5, 0.6) is 0 Å². The van der Waals surface area contributed by atoms with Crippen LogP contribution in [0.4, 0.5) is 0 Å². The van der Waals surface area contributed by atoms with Crippen LogP contribution < -0.4 is 5.32 Å². The quantitative estimate of drug-likeness (QED) is 0.0259. The molecule has 0 saturated carbocycles. The molecule has 0 aromatic carbocycles. The minimum Gasteiger partial charge on any atom is -0.394 e. The molecule has 0 aromatic heterocycles. The second-order valence-corrected chi connectivity index (χ2v) is 29.6. The lowest BCUT2D eigenvalue weighted by molar-refractivity contribution is -0.359. The summed E-state index contributed by atoms with van der Waals surface area (Å²) in [4.78, 5) is 13.4. The zero-order valence-corrected chi connectivity index (χ0v) is 61.5. The van der Waals surface area contributed by atoms with Crippen LogP contribution >= 0.6 is 0 Å². The number of aliphatic hydroxyl groups is 8. The molecule has 0 spiro atoms. The van der Waals surface area contributed by atoms with Crippen LogP contribution in [-0.4, -0.2) is 140 Å². The molecule has 2 heterocycles. The van der Waals surface area contributed by atoms with E-state index in [1.165, 1.54) is 334 Å². The van der Waals surface area contributed by atoms with Crippen LogP contribution in [0.15, 0.2) is 0 Å². The molecule has 2 aliphatic rings. The van der Waals surface area contributed by atoms with E-state index >= 15 is 0 Å². The predicted molar refractivity (Wildman–Crippen MR) is 388 cm³/mol. The fourth-order valence-corrected chi connectivity index (χ4v) is 14.3. The summed E-state index contributed by atoms with van der Waals surface area (Å²) in [6.45, 7) is 2.95. The van der Waals surface area contributed by atoms with Crippen molar-refractivity contribution in [3.63, 3.8) is 0 Å². The Morgan fingerprint density at radius 2 is 0.606 bits per heavy atom. The third kappa shape index (κ3) is 47.9. The number of carbonyl (C=O) groups excluding carboxylic acids is 1. The number of ether oxygens (including phenoxy) is 4. The van der Waals surface area contributed by atoms with E-state index in [0.717, 1.165) is 51.4 Å². The smallest absolute Gasteiger partial charge is 0.220 e. The maximum atomic E-state index is 13.4. The van der Waals surface area contributed by atoms with E-state index in [0.29, 0.717) is 12.8 Å². The van der Waals surface area contributed by atoms with Crippen molar-refractivity contribution in [2.75, 3.05) is 19.8 Å². The molecule has 12 atom stereocenters. The van der Waals surface area contributed by atoms with E-state index < -0.39 is 86.8 Å². The number of unbranched alkanes of at least 4 members (excludes halogenated alkanes) is 58. The van der Waals surface area contributed by atoms with E-state index in [9.17, 15) is 45.6 Å². The van der Waals surface area contributed by atoms with Gasteiger partial charge in [-0.2, -0.15) is 0 Å². The molecule has 1 amide bonds. The number of amides is 1. The molecular formula is C80H157NO13. The zero-order valence-electron chi connectivity index (χ0n) is 61.5. The van der Waals surface area contributed by atoms with Crippen molar-refractivity contribution < 1.29 is 64.6 Å². The number of aliphatic hydroxyl groups excluding tert-OH is 8. The van der Waals surface area contributed by atoms with Gasteiger partial charge in [-0.15, -0.1) is 0 Å². The summed E-state index contributed by atoms with van der Waals surface area (Å²) in [6.07, 6.45) is 64.5.